The molecular formula is C32H44N2O2. The number of nitrogens with zero attached hydrogens (tertiary/aromatic N) is 2. The summed E-state index contributed by atoms with van der Waals surface area (Å²) in [6.45, 7) is 7.93. The maximum atomic E-state index is 5.97. The van der Waals surface area contributed by atoms with Gasteiger partial charge in [-0.05, 0) is 66.3 Å². The molecule has 0 N–H and O–H groups in total. The molecule has 0 saturated heterocycles. The molecule has 0 saturated carbocycles. The molecule has 1 heterocycles. The summed E-state index contributed by atoms with van der Waals surface area (Å²) in [5, 5.41) is 0. The Hall–Kier alpha value is -2.88. The topological polar surface area (TPSA) is 44.2 Å². The highest BCUT2D eigenvalue weighted by Gasteiger charge is 2.05. The number of benzene rings is 2. The van der Waals surface area contributed by atoms with Crippen molar-refractivity contribution in [3.63, 3.8) is 0 Å². The zero-order valence-corrected chi connectivity index (χ0v) is 22.5. The number of unbranched alkanes of at least 4 members (excludes halogenated alkanes) is 7. The van der Waals surface area contributed by atoms with Crippen LogP contribution in [-0.4, -0.2) is 16.6 Å². The molecule has 0 amide bonds. The number of aryl methyl sites for hydroxylation is 1. The Kier molecular flexibility index (Phi) is 12.3. The van der Waals surface area contributed by atoms with Crippen LogP contribution in [-0.2, 0) is 13.0 Å². The SMILES string of the molecule is CCCCCCCCCCc1cnc(-c2ccc(OCc3ccc(OCC(C)CC)cc3)cc2)nc1. The van der Waals surface area contributed by atoms with Crippen LogP contribution in [0.25, 0.3) is 11.4 Å². The zero-order chi connectivity index (χ0) is 25.4. The zero-order valence-electron chi connectivity index (χ0n) is 22.5. The number of hydrogen-bond donors (Lipinski definition) is 0. The molecule has 0 aliphatic carbocycles. The van der Waals surface area contributed by atoms with Crippen molar-refractivity contribution >= 4 is 0 Å². The molecule has 0 fully saturated rings. The normalized spacial score (nSPS) is 11.9. The lowest BCUT2D eigenvalue weighted by atomic mass is 10.1. The first-order valence-electron chi connectivity index (χ1n) is 13.9. The van der Waals surface area contributed by atoms with Crippen LogP contribution in [0.2, 0.25) is 0 Å². The van der Waals surface area contributed by atoms with E-state index in [9.17, 15) is 0 Å². The summed E-state index contributed by atoms with van der Waals surface area (Å²) in [7, 11) is 0. The predicted molar refractivity (Wildman–Crippen MR) is 150 cm³/mol. The molecule has 0 radical (unpaired) electrons. The van der Waals surface area contributed by atoms with Crippen molar-refractivity contribution < 1.29 is 9.47 Å². The quantitative estimate of drug-likeness (QED) is 0.178. The van der Waals surface area contributed by atoms with E-state index in [1.165, 1.54) is 56.9 Å². The summed E-state index contributed by atoms with van der Waals surface area (Å²) in [5.74, 6) is 3.07. The average molecular weight is 489 g/mol. The van der Waals surface area contributed by atoms with Crippen molar-refractivity contribution in [3.8, 4) is 22.9 Å². The number of hydrogen-bond acceptors (Lipinski definition) is 4. The minimum atomic E-state index is 0.523. The van der Waals surface area contributed by atoms with Gasteiger partial charge in [0, 0.05) is 18.0 Å². The summed E-state index contributed by atoms with van der Waals surface area (Å²) in [6.07, 6.45) is 16.8. The van der Waals surface area contributed by atoms with E-state index in [-0.39, 0.29) is 0 Å². The molecule has 0 bridgehead atoms. The minimum absolute atomic E-state index is 0.523. The van der Waals surface area contributed by atoms with Gasteiger partial charge in [-0.1, -0.05) is 84.3 Å². The molecular weight excluding hydrogens is 444 g/mol. The van der Waals surface area contributed by atoms with E-state index in [4.69, 9.17) is 9.47 Å². The first-order valence-corrected chi connectivity index (χ1v) is 13.9. The monoisotopic (exact) mass is 488 g/mol. The van der Waals surface area contributed by atoms with Crippen LogP contribution in [0.3, 0.4) is 0 Å². The molecule has 4 heteroatoms. The fourth-order valence-electron chi connectivity index (χ4n) is 4.00. The van der Waals surface area contributed by atoms with E-state index in [0.29, 0.717) is 12.5 Å². The summed E-state index contributed by atoms with van der Waals surface area (Å²) in [6, 6.07) is 16.2. The molecule has 3 rings (SSSR count). The number of ether oxygens (including phenoxy) is 2. The maximum Gasteiger partial charge on any atom is 0.159 e. The van der Waals surface area contributed by atoms with Crippen molar-refractivity contribution in [2.45, 2.75) is 91.6 Å². The molecule has 36 heavy (non-hydrogen) atoms. The molecule has 1 atom stereocenters. The van der Waals surface area contributed by atoms with E-state index in [0.717, 1.165) is 47.9 Å². The van der Waals surface area contributed by atoms with Gasteiger partial charge in [0.25, 0.3) is 0 Å². The van der Waals surface area contributed by atoms with Crippen LogP contribution in [0.4, 0.5) is 0 Å². The molecule has 0 spiro atoms. The van der Waals surface area contributed by atoms with Gasteiger partial charge in [0.2, 0.25) is 0 Å². The largest absolute Gasteiger partial charge is 0.493 e. The smallest absolute Gasteiger partial charge is 0.159 e. The van der Waals surface area contributed by atoms with Crippen molar-refractivity contribution in [3.05, 3.63) is 72.1 Å². The van der Waals surface area contributed by atoms with Gasteiger partial charge in [0.1, 0.15) is 18.1 Å². The van der Waals surface area contributed by atoms with E-state index in [1.807, 2.05) is 48.8 Å². The highest BCUT2D eigenvalue weighted by molar-refractivity contribution is 5.55. The van der Waals surface area contributed by atoms with E-state index in [1.54, 1.807) is 0 Å². The molecule has 0 aliphatic heterocycles. The molecule has 1 unspecified atom stereocenters. The first kappa shape index (κ1) is 27.7. The third-order valence-electron chi connectivity index (χ3n) is 6.70. The summed E-state index contributed by atoms with van der Waals surface area (Å²) >= 11 is 0. The summed E-state index contributed by atoms with van der Waals surface area (Å²) < 4.78 is 11.8. The van der Waals surface area contributed by atoms with E-state index < -0.39 is 0 Å². The molecule has 1 aromatic heterocycles. The second-order valence-electron chi connectivity index (χ2n) is 9.92. The van der Waals surface area contributed by atoms with Crippen molar-refractivity contribution in [1.29, 1.82) is 0 Å². The highest BCUT2D eigenvalue weighted by Crippen LogP contribution is 2.21. The van der Waals surface area contributed by atoms with Crippen LogP contribution in [0.15, 0.2) is 60.9 Å². The second kappa shape index (κ2) is 16.0. The Morgan fingerprint density at radius 2 is 1.25 bits per heavy atom. The standard InChI is InChI=1S/C32H44N2O2/c1-4-6-7-8-9-10-11-12-13-28-22-33-32(34-23-28)29-16-20-31(21-17-29)36-25-27-14-18-30(19-15-27)35-24-26(3)5-2/h14-23,26H,4-13,24-25H2,1-3H3. The van der Waals surface area contributed by atoms with Crippen LogP contribution in [0, 0.1) is 5.92 Å². The molecule has 2 aromatic carbocycles. The van der Waals surface area contributed by atoms with Gasteiger partial charge in [-0.2, -0.15) is 0 Å². The highest BCUT2D eigenvalue weighted by atomic mass is 16.5. The lowest BCUT2D eigenvalue weighted by Crippen LogP contribution is -2.07. The molecule has 0 aliphatic rings. The van der Waals surface area contributed by atoms with Crippen molar-refractivity contribution in [2.75, 3.05) is 6.61 Å². The van der Waals surface area contributed by atoms with Crippen LogP contribution < -0.4 is 9.47 Å². The van der Waals surface area contributed by atoms with Gasteiger partial charge in [-0.3, -0.25) is 0 Å². The minimum Gasteiger partial charge on any atom is -0.493 e. The third-order valence-corrected chi connectivity index (χ3v) is 6.70. The number of aromatic nitrogens is 2. The van der Waals surface area contributed by atoms with Gasteiger partial charge in [-0.25, -0.2) is 9.97 Å². The van der Waals surface area contributed by atoms with Crippen LogP contribution in [0.1, 0.15) is 89.7 Å². The fraction of sp³-hybridized carbons (Fsp3) is 0.500. The lowest BCUT2D eigenvalue weighted by Gasteiger charge is -2.12. The lowest BCUT2D eigenvalue weighted by molar-refractivity contribution is 0.256. The Labute approximate surface area is 218 Å². The Morgan fingerprint density at radius 1 is 0.667 bits per heavy atom. The van der Waals surface area contributed by atoms with E-state index >= 15 is 0 Å². The van der Waals surface area contributed by atoms with Crippen LogP contribution >= 0.6 is 0 Å². The average Bonchev–Trinajstić information content (AvgIpc) is 2.93. The van der Waals surface area contributed by atoms with Gasteiger partial charge in [-0.15, -0.1) is 0 Å². The Bertz CT molecular complexity index is 969. The Morgan fingerprint density at radius 3 is 1.89 bits per heavy atom. The first-order chi connectivity index (χ1) is 17.7. The second-order valence-corrected chi connectivity index (χ2v) is 9.92. The molecule has 4 nitrogen and oxygen atoms in total. The van der Waals surface area contributed by atoms with Crippen molar-refractivity contribution in [2.24, 2.45) is 5.92 Å². The van der Waals surface area contributed by atoms with Gasteiger partial charge >= 0.3 is 0 Å². The maximum absolute atomic E-state index is 5.97. The van der Waals surface area contributed by atoms with Gasteiger partial charge in [0.05, 0.1) is 6.61 Å². The molecule has 194 valence electrons. The Balaban J connectivity index is 1.38. The summed E-state index contributed by atoms with van der Waals surface area (Å²) in [4.78, 5) is 9.19. The molecule has 3 aromatic rings. The van der Waals surface area contributed by atoms with Gasteiger partial charge < -0.3 is 9.47 Å². The summed E-state index contributed by atoms with van der Waals surface area (Å²) in [5.41, 5.74) is 3.34. The fourth-order valence-corrected chi connectivity index (χ4v) is 4.00. The third kappa shape index (κ3) is 10.0. The number of rotatable bonds is 17. The van der Waals surface area contributed by atoms with Crippen LogP contribution in [0.5, 0.6) is 11.5 Å². The van der Waals surface area contributed by atoms with Crippen molar-refractivity contribution in [1.82, 2.24) is 9.97 Å². The van der Waals surface area contributed by atoms with Gasteiger partial charge in [0.15, 0.2) is 5.82 Å². The van der Waals surface area contributed by atoms with E-state index in [2.05, 4.69) is 42.9 Å². The predicted octanol–water partition coefficient (Wildman–Crippen LogP) is 8.83.